The lowest BCUT2D eigenvalue weighted by atomic mass is 9.61. The summed E-state index contributed by atoms with van der Waals surface area (Å²) in [6, 6.07) is 5.00. The molecule has 2 nitrogen and oxygen atoms in total. The molecule has 0 bridgehead atoms. The van der Waals surface area contributed by atoms with Gasteiger partial charge in [-0.1, -0.05) is 38.0 Å². The molecule has 0 N–H and O–H groups in total. The van der Waals surface area contributed by atoms with Crippen LogP contribution in [0.15, 0.2) is 30.4 Å². The summed E-state index contributed by atoms with van der Waals surface area (Å²) in [6.45, 7) is 4.34. The number of halogens is 1. The van der Waals surface area contributed by atoms with Crippen LogP contribution >= 0.6 is 0 Å². The first-order valence-electron chi connectivity index (χ1n) is 13.7. The highest BCUT2D eigenvalue weighted by atomic mass is 19.1. The number of ether oxygens (including phenoxy) is 1. The van der Waals surface area contributed by atoms with E-state index in [-0.39, 0.29) is 17.6 Å². The molecule has 1 aromatic rings. The molecule has 3 saturated carbocycles. The molecule has 0 aromatic heterocycles. The maximum atomic E-state index is 14.5. The number of rotatable bonds is 7. The number of carbonyl (C=O) groups excluding carboxylic acids is 1. The van der Waals surface area contributed by atoms with E-state index in [1.807, 2.05) is 19.1 Å². The van der Waals surface area contributed by atoms with Crippen molar-refractivity contribution in [3.8, 4) is 5.75 Å². The average Bonchev–Trinajstić information content (AvgIpc) is 2.85. The first-order valence-corrected chi connectivity index (χ1v) is 13.7. The van der Waals surface area contributed by atoms with Crippen LogP contribution in [-0.4, -0.2) is 5.97 Å². The summed E-state index contributed by atoms with van der Waals surface area (Å²) in [6.07, 6.45) is 19.8. The van der Waals surface area contributed by atoms with Crippen molar-refractivity contribution in [3.63, 3.8) is 0 Å². The van der Waals surface area contributed by atoms with E-state index in [1.165, 1.54) is 51.0 Å². The molecular weight excluding hydrogens is 411 g/mol. The van der Waals surface area contributed by atoms with Gasteiger partial charge in [0.05, 0.1) is 5.92 Å². The fourth-order valence-corrected chi connectivity index (χ4v) is 7.04. The van der Waals surface area contributed by atoms with Gasteiger partial charge in [-0.3, -0.25) is 4.79 Å². The number of benzene rings is 1. The third-order valence-electron chi connectivity index (χ3n) is 9.15. The minimum Gasteiger partial charge on any atom is -0.423 e. The third kappa shape index (κ3) is 6.28. The number of esters is 1. The first-order chi connectivity index (χ1) is 16.1. The maximum absolute atomic E-state index is 14.5. The topological polar surface area (TPSA) is 26.3 Å². The van der Waals surface area contributed by atoms with Gasteiger partial charge in [0.15, 0.2) is 11.6 Å². The van der Waals surface area contributed by atoms with E-state index in [2.05, 4.69) is 13.0 Å². The molecule has 182 valence electrons. The molecular formula is C30H43FO2. The van der Waals surface area contributed by atoms with Gasteiger partial charge in [-0.25, -0.2) is 4.39 Å². The minimum atomic E-state index is -0.426. The zero-order valence-corrected chi connectivity index (χ0v) is 20.7. The molecule has 33 heavy (non-hydrogen) atoms. The Morgan fingerprint density at radius 3 is 2.33 bits per heavy atom. The van der Waals surface area contributed by atoms with Gasteiger partial charge >= 0.3 is 5.97 Å². The predicted octanol–water partition coefficient (Wildman–Crippen LogP) is 8.29. The fraction of sp³-hybridized carbons (Fsp3) is 0.700. The van der Waals surface area contributed by atoms with Crippen molar-refractivity contribution in [3.05, 3.63) is 41.7 Å². The van der Waals surface area contributed by atoms with Crippen LogP contribution < -0.4 is 4.74 Å². The number of fused-ring (bicyclic) bond motifs is 1. The number of hydrogen-bond acceptors (Lipinski definition) is 2. The van der Waals surface area contributed by atoms with Crippen LogP contribution in [0.4, 0.5) is 4.39 Å². The summed E-state index contributed by atoms with van der Waals surface area (Å²) < 4.78 is 20.0. The van der Waals surface area contributed by atoms with E-state index in [0.717, 1.165) is 73.7 Å². The summed E-state index contributed by atoms with van der Waals surface area (Å²) in [7, 11) is 0. The van der Waals surface area contributed by atoms with Crippen molar-refractivity contribution in [1.82, 2.24) is 0 Å². The van der Waals surface area contributed by atoms with E-state index < -0.39 is 5.82 Å². The van der Waals surface area contributed by atoms with Crippen molar-refractivity contribution >= 4 is 5.97 Å². The van der Waals surface area contributed by atoms with Crippen molar-refractivity contribution < 1.29 is 13.9 Å². The van der Waals surface area contributed by atoms with E-state index in [4.69, 9.17) is 4.74 Å². The van der Waals surface area contributed by atoms with E-state index in [9.17, 15) is 9.18 Å². The van der Waals surface area contributed by atoms with Gasteiger partial charge in [-0.2, -0.15) is 0 Å². The SMILES string of the molecule is C/C=C/CCc1ccc(OC(=O)C2CCC(C3CCC4CC(CC)CCC4C3)CC2)c(F)c1. The van der Waals surface area contributed by atoms with Gasteiger partial charge in [0.2, 0.25) is 0 Å². The summed E-state index contributed by atoms with van der Waals surface area (Å²) in [5.41, 5.74) is 0.934. The lowest BCUT2D eigenvalue weighted by Crippen LogP contribution is -2.35. The van der Waals surface area contributed by atoms with Crippen molar-refractivity contribution in [2.24, 2.45) is 35.5 Å². The molecule has 3 heteroatoms. The molecule has 4 rings (SSSR count). The largest absolute Gasteiger partial charge is 0.423 e. The number of aryl methyl sites for hydroxylation is 1. The quantitative estimate of drug-likeness (QED) is 0.235. The van der Waals surface area contributed by atoms with Crippen LogP contribution in [0.2, 0.25) is 0 Å². The molecule has 4 unspecified atom stereocenters. The molecule has 0 aliphatic heterocycles. The molecule has 3 aliphatic carbocycles. The second-order valence-electron chi connectivity index (χ2n) is 11.1. The van der Waals surface area contributed by atoms with Crippen LogP contribution in [0.25, 0.3) is 0 Å². The predicted molar refractivity (Wildman–Crippen MR) is 133 cm³/mol. The number of carbonyl (C=O) groups is 1. The molecule has 3 aliphatic rings. The van der Waals surface area contributed by atoms with Crippen LogP contribution in [0.3, 0.4) is 0 Å². The molecule has 1 aromatic carbocycles. The zero-order chi connectivity index (χ0) is 23.2. The lowest BCUT2D eigenvalue weighted by molar-refractivity contribution is -0.140. The van der Waals surface area contributed by atoms with Crippen molar-refractivity contribution in [2.45, 2.75) is 97.3 Å². The summed E-state index contributed by atoms with van der Waals surface area (Å²) in [5, 5.41) is 0. The molecule has 0 amide bonds. The Morgan fingerprint density at radius 2 is 1.64 bits per heavy atom. The molecule has 0 saturated heterocycles. The summed E-state index contributed by atoms with van der Waals surface area (Å²) in [4.78, 5) is 12.7. The smallest absolute Gasteiger partial charge is 0.314 e. The molecule has 0 radical (unpaired) electrons. The average molecular weight is 455 g/mol. The Hall–Kier alpha value is -1.64. The standard InChI is InChI=1S/C30H43FO2/c1-3-5-6-7-22-9-17-29(28(31)19-22)33-30(32)24-13-11-23(12-14-24)26-16-15-25-18-21(4-2)8-10-27(25)20-26/h3,5,9,17,19,21,23-27H,4,6-8,10-16,18,20H2,1-2H3/b5-3+. The van der Waals surface area contributed by atoms with E-state index in [0.29, 0.717) is 0 Å². The van der Waals surface area contributed by atoms with Crippen molar-refractivity contribution in [2.75, 3.05) is 0 Å². The lowest BCUT2D eigenvalue weighted by Gasteiger charge is -2.45. The Bertz CT molecular complexity index is 808. The fourth-order valence-electron chi connectivity index (χ4n) is 7.04. The molecule has 0 spiro atoms. The minimum absolute atomic E-state index is 0.0775. The number of hydrogen-bond donors (Lipinski definition) is 0. The normalized spacial score (nSPS) is 32.5. The van der Waals surface area contributed by atoms with E-state index >= 15 is 0 Å². The highest BCUT2D eigenvalue weighted by Crippen LogP contribution is 2.49. The molecule has 3 fully saturated rings. The third-order valence-corrected chi connectivity index (χ3v) is 9.15. The van der Waals surface area contributed by atoms with Crippen LogP contribution in [-0.2, 0) is 11.2 Å². The highest BCUT2D eigenvalue weighted by Gasteiger charge is 2.39. The Kier molecular flexibility index (Phi) is 8.66. The van der Waals surface area contributed by atoms with Gasteiger partial charge in [0.1, 0.15) is 0 Å². The second-order valence-corrected chi connectivity index (χ2v) is 11.1. The Morgan fingerprint density at radius 1 is 0.970 bits per heavy atom. The van der Waals surface area contributed by atoms with Crippen LogP contribution in [0.1, 0.15) is 96.5 Å². The summed E-state index contributed by atoms with van der Waals surface area (Å²) in [5.74, 6) is 3.88. The highest BCUT2D eigenvalue weighted by molar-refractivity contribution is 5.75. The van der Waals surface area contributed by atoms with Crippen LogP contribution in [0, 0.1) is 41.3 Å². The number of allylic oxidation sites excluding steroid dienone is 2. The van der Waals surface area contributed by atoms with Gasteiger partial charge in [0, 0.05) is 0 Å². The van der Waals surface area contributed by atoms with Crippen LogP contribution in [0.5, 0.6) is 5.75 Å². The molecule has 0 heterocycles. The zero-order valence-electron chi connectivity index (χ0n) is 20.7. The van der Waals surface area contributed by atoms with E-state index in [1.54, 1.807) is 6.07 Å². The van der Waals surface area contributed by atoms with Gasteiger partial charge in [-0.05, 0) is 125 Å². The summed E-state index contributed by atoms with van der Waals surface area (Å²) >= 11 is 0. The first kappa shape index (κ1) is 24.5. The monoisotopic (exact) mass is 454 g/mol. The van der Waals surface area contributed by atoms with Gasteiger partial charge in [0.25, 0.3) is 0 Å². The maximum Gasteiger partial charge on any atom is 0.314 e. The molecule has 4 atom stereocenters. The van der Waals surface area contributed by atoms with Gasteiger partial charge in [-0.15, -0.1) is 0 Å². The Labute approximate surface area is 200 Å². The second kappa shape index (κ2) is 11.7. The Balaban J connectivity index is 1.23. The van der Waals surface area contributed by atoms with Gasteiger partial charge < -0.3 is 4.74 Å². The van der Waals surface area contributed by atoms with Crippen molar-refractivity contribution in [1.29, 1.82) is 0 Å².